The molecule has 0 unspecified atom stereocenters. The van der Waals surface area contributed by atoms with Gasteiger partial charge in [0, 0.05) is 23.2 Å². The molecule has 3 aromatic carbocycles. The van der Waals surface area contributed by atoms with E-state index in [9.17, 15) is 19.4 Å². The molecule has 0 atom stereocenters. The minimum atomic E-state index is -0.685. The Morgan fingerprint density at radius 3 is 2.43 bits per heavy atom. The van der Waals surface area contributed by atoms with Gasteiger partial charge in [0.25, 0.3) is 5.91 Å². The molecule has 0 aliphatic rings. The van der Waals surface area contributed by atoms with Gasteiger partial charge in [-0.3, -0.25) is 9.78 Å². The standard InChI is InChI=1S/C28H24FN3O3/c1-28(2,18-7-4-3-5-8-18)31-26(34)22-20-9-6-14-30-24(20)25(33)23-21(22)16-32(27(23)35)15-17-10-12-19(29)13-11-17/h3-14,16,33,35H,15H2,1-2H3,(H,31,34). The van der Waals surface area contributed by atoms with Crippen LogP contribution in [0.3, 0.4) is 0 Å². The Kier molecular flexibility index (Phi) is 5.40. The topological polar surface area (TPSA) is 87.4 Å². The van der Waals surface area contributed by atoms with Gasteiger partial charge in [-0.05, 0) is 43.2 Å². The molecule has 0 aliphatic carbocycles. The summed E-state index contributed by atoms with van der Waals surface area (Å²) in [6.45, 7) is 4.05. The van der Waals surface area contributed by atoms with Crippen molar-refractivity contribution in [1.82, 2.24) is 14.9 Å². The Labute approximate surface area is 201 Å². The first-order chi connectivity index (χ1) is 16.8. The maximum Gasteiger partial charge on any atom is 0.253 e. The molecule has 3 N–H and O–H groups in total. The summed E-state index contributed by atoms with van der Waals surface area (Å²) in [6, 6.07) is 19.0. The molecule has 5 rings (SSSR count). The second-order valence-electron chi connectivity index (χ2n) is 9.06. The highest BCUT2D eigenvalue weighted by molar-refractivity contribution is 6.21. The second kappa shape index (κ2) is 8.43. The van der Waals surface area contributed by atoms with Crippen LogP contribution in [-0.2, 0) is 12.1 Å². The Morgan fingerprint density at radius 2 is 1.71 bits per heavy atom. The molecule has 2 heterocycles. The fourth-order valence-corrected chi connectivity index (χ4v) is 4.45. The van der Waals surface area contributed by atoms with E-state index < -0.39 is 5.54 Å². The number of fused-ring (bicyclic) bond motifs is 2. The highest BCUT2D eigenvalue weighted by Gasteiger charge is 2.28. The Bertz CT molecular complexity index is 1560. The number of phenols is 1. The van der Waals surface area contributed by atoms with Crippen LogP contribution in [0.4, 0.5) is 4.39 Å². The summed E-state index contributed by atoms with van der Waals surface area (Å²) in [7, 11) is 0. The maximum atomic E-state index is 13.7. The number of hydrogen-bond donors (Lipinski definition) is 3. The van der Waals surface area contributed by atoms with E-state index in [1.807, 2.05) is 44.2 Å². The van der Waals surface area contributed by atoms with Crippen molar-refractivity contribution in [3.63, 3.8) is 0 Å². The van der Waals surface area contributed by atoms with E-state index in [4.69, 9.17) is 0 Å². The normalized spacial score (nSPS) is 11.7. The van der Waals surface area contributed by atoms with E-state index in [-0.39, 0.29) is 40.8 Å². The average Bonchev–Trinajstić information content (AvgIpc) is 3.16. The highest BCUT2D eigenvalue weighted by atomic mass is 19.1. The molecule has 0 spiro atoms. The number of phenolic OH excluding ortho intramolecular Hbond substituents is 1. The predicted octanol–water partition coefficient (Wildman–Crippen LogP) is 5.45. The van der Waals surface area contributed by atoms with E-state index >= 15 is 0 Å². The number of benzene rings is 3. The van der Waals surface area contributed by atoms with Crippen LogP contribution >= 0.6 is 0 Å². The summed E-state index contributed by atoms with van der Waals surface area (Å²) in [5, 5.41) is 26.1. The molecule has 6 nitrogen and oxygen atoms in total. The van der Waals surface area contributed by atoms with E-state index in [1.54, 1.807) is 30.5 Å². The maximum absolute atomic E-state index is 13.7. The van der Waals surface area contributed by atoms with Gasteiger partial charge in [0.2, 0.25) is 5.88 Å². The molecule has 0 bridgehead atoms. The van der Waals surface area contributed by atoms with Crippen molar-refractivity contribution < 1.29 is 19.4 Å². The molecule has 0 saturated carbocycles. The Hall–Kier alpha value is -4.39. The fraction of sp³-hybridized carbons (Fsp3) is 0.143. The number of halogens is 1. The lowest BCUT2D eigenvalue weighted by Crippen LogP contribution is -2.41. The van der Waals surface area contributed by atoms with Crippen molar-refractivity contribution in [1.29, 1.82) is 0 Å². The number of aromatic hydroxyl groups is 2. The summed E-state index contributed by atoms with van der Waals surface area (Å²) in [6.07, 6.45) is 3.15. The van der Waals surface area contributed by atoms with Crippen LogP contribution < -0.4 is 5.32 Å². The number of aromatic nitrogens is 2. The molecule has 2 aromatic heterocycles. The van der Waals surface area contributed by atoms with Gasteiger partial charge >= 0.3 is 0 Å². The molecule has 0 radical (unpaired) electrons. The molecule has 0 aliphatic heterocycles. The Morgan fingerprint density at radius 1 is 1.00 bits per heavy atom. The number of amides is 1. The van der Waals surface area contributed by atoms with Gasteiger partial charge in [0.1, 0.15) is 11.3 Å². The van der Waals surface area contributed by atoms with Crippen molar-refractivity contribution in [2.45, 2.75) is 25.9 Å². The Balaban J connectivity index is 1.67. The van der Waals surface area contributed by atoms with Crippen LogP contribution in [0.5, 0.6) is 11.6 Å². The van der Waals surface area contributed by atoms with Gasteiger partial charge in [0.15, 0.2) is 5.75 Å². The number of carbonyl (C=O) groups excluding carboxylic acids is 1. The van der Waals surface area contributed by atoms with Crippen LogP contribution in [0.1, 0.15) is 35.3 Å². The van der Waals surface area contributed by atoms with Gasteiger partial charge in [-0.1, -0.05) is 48.5 Å². The molecule has 5 aromatic rings. The van der Waals surface area contributed by atoms with Crippen molar-refractivity contribution >= 4 is 27.6 Å². The number of rotatable bonds is 5. The lowest BCUT2D eigenvalue weighted by molar-refractivity contribution is 0.0915. The quantitative estimate of drug-likeness (QED) is 0.319. The summed E-state index contributed by atoms with van der Waals surface area (Å²) in [5.74, 6) is -1.12. The summed E-state index contributed by atoms with van der Waals surface area (Å²) in [5.41, 5.74) is 1.52. The van der Waals surface area contributed by atoms with Crippen LogP contribution in [0.2, 0.25) is 0 Å². The van der Waals surface area contributed by atoms with Crippen LogP contribution in [0, 0.1) is 5.82 Å². The minimum absolute atomic E-state index is 0.140. The van der Waals surface area contributed by atoms with Crippen molar-refractivity contribution in [3.05, 3.63) is 102 Å². The first-order valence-corrected chi connectivity index (χ1v) is 11.2. The van der Waals surface area contributed by atoms with Gasteiger partial charge in [0.05, 0.1) is 23.0 Å². The van der Waals surface area contributed by atoms with Crippen molar-refractivity contribution in [2.24, 2.45) is 0 Å². The van der Waals surface area contributed by atoms with Crippen molar-refractivity contribution in [2.75, 3.05) is 0 Å². The summed E-state index contributed by atoms with van der Waals surface area (Å²) < 4.78 is 14.9. The number of nitrogens with zero attached hydrogens (tertiary/aromatic N) is 2. The zero-order chi connectivity index (χ0) is 24.7. The van der Waals surface area contributed by atoms with E-state index in [0.717, 1.165) is 11.1 Å². The minimum Gasteiger partial charge on any atom is -0.505 e. The zero-order valence-electron chi connectivity index (χ0n) is 19.3. The van der Waals surface area contributed by atoms with E-state index in [0.29, 0.717) is 16.3 Å². The first-order valence-electron chi connectivity index (χ1n) is 11.2. The molecule has 0 saturated heterocycles. The number of pyridine rings is 1. The highest BCUT2D eigenvalue weighted by Crippen LogP contribution is 2.42. The van der Waals surface area contributed by atoms with E-state index in [2.05, 4.69) is 10.3 Å². The molecular formula is C28H24FN3O3. The number of nitrogens with one attached hydrogen (secondary N) is 1. The average molecular weight is 470 g/mol. The van der Waals surface area contributed by atoms with Crippen molar-refractivity contribution in [3.8, 4) is 11.6 Å². The first kappa shape index (κ1) is 22.4. The summed E-state index contributed by atoms with van der Waals surface area (Å²) in [4.78, 5) is 18.0. The largest absolute Gasteiger partial charge is 0.505 e. The number of hydrogen-bond acceptors (Lipinski definition) is 4. The third-order valence-electron chi connectivity index (χ3n) is 6.27. The zero-order valence-corrected chi connectivity index (χ0v) is 19.3. The smallest absolute Gasteiger partial charge is 0.253 e. The van der Waals surface area contributed by atoms with Gasteiger partial charge in [-0.15, -0.1) is 0 Å². The second-order valence-corrected chi connectivity index (χ2v) is 9.06. The molecule has 35 heavy (non-hydrogen) atoms. The molecular weight excluding hydrogens is 445 g/mol. The molecule has 1 amide bonds. The molecule has 7 heteroatoms. The monoisotopic (exact) mass is 469 g/mol. The number of carbonyl (C=O) groups is 1. The van der Waals surface area contributed by atoms with Crippen LogP contribution in [-0.4, -0.2) is 25.7 Å². The third-order valence-corrected chi connectivity index (χ3v) is 6.27. The molecule has 0 fully saturated rings. The van der Waals surface area contributed by atoms with Gasteiger partial charge in [-0.25, -0.2) is 4.39 Å². The fourth-order valence-electron chi connectivity index (χ4n) is 4.45. The molecule has 176 valence electrons. The summed E-state index contributed by atoms with van der Waals surface area (Å²) >= 11 is 0. The lowest BCUT2D eigenvalue weighted by atomic mass is 9.93. The van der Waals surface area contributed by atoms with Gasteiger partial charge in [-0.2, -0.15) is 0 Å². The lowest BCUT2D eigenvalue weighted by Gasteiger charge is -2.27. The predicted molar refractivity (Wildman–Crippen MR) is 133 cm³/mol. The van der Waals surface area contributed by atoms with Crippen LogP contribution in [0.15, 0.2) is 79.1 Å². The van der Waals surface area contributed by atoms with E-state index in [1.165, 1.54) is 22.9 Å². The van der Waals surface area contributed by atoms with Gasteiger partial charge < -0.3 is 20.1 Å². The van der Waals surface area contributed by atoms with Crippen LogP contribution in [0.25, 0.3) is 21.7 Å². The SMILES string of the molecule is CC(C)(NC(=O)c1c2cccnc2c(O)c2c(O)n(Cc3ccc(F)cc3)cc12)c1ccccc1. The third kappa shape index (κ3) is 3.95.